The molecule has 1 atom stereocenters. The Morgan fingerprint density at radius 3 is 2.42 bits per heavy atom. The SMILES string of the molecule is CCN1C(=O)C(C)(C)c2cc(C(O)CN3CCC(Cc4ccc(C)cc4)CC3)ccc21. The first-order chi connectivity index (χ1) is 14.8. The number of likely N-dealkylation sites (tertiary alicyclic amines) is 1. The van der Waals surface area contributed by atoms with Crippen LogP contribution < -0.4 is 4.90 Å². The minimum absolute atomic E-state index is 0.146. The van der Waals surface area contributed by atoms with E-state index in [1.54, 1.807) is 0 Å². The lowest BCUT2D eigenvalue weighted by Gasteiger charge is -2.33. The van der Waals surface area contributed by atoms with E-state index < -0.39 is 11.5 Å². The summed E-state index contributed by atoms with van der Waals surface area (Å²) in [5, 5.41) is 11.0. The van der Waals surface area contributed by atoms with Crippen LogP contribution in [0.15, 0.2) is 42.5 Å². The van der Waals surface area contributed by atoms with E-state index >= 15 is 0 Å². The number of carbonyl (C=O) groups excluding carboxylic acids is 1. The number of aryl methyl sites for hydroxylation is 1. The molecule has 2 heterocycles. The van der Waals surface area contributed by atoms with Crippen LogP contribution in [0.25, 0.3) is 0 Å². The molecule has 0 aliphatic carbocycles. The molecule has 1 N–H and O–H groups in total. The van der Waals surface area contributed by atoms with Crippen molar-refractivity contribution < 1.29 is 9.90 Å². The van der Waals surface area contributed by atoms with Crippen LogP contribution in [-0.2, 0) is 16.6 Å². The predicted octanol–water partition coefficient (Wildman–Crippen LogP) is 4.63. The van der Waals surface area contributed by atoms with Crippen molar-refractivity contribution in [2.45, 2.75) is 58.5 Å². The summed E-state index contributed by atoms with van der Waals surface area (Å²) in [6.45, 7) is 11.5. The van der Waals surface area contributed by atoms with E-state index in [1.165, 1.54) is 24.0 Å². The number of hydrogen-bond acceptors (Lipinski definition) is 3. The number of rotatable bonds is 6. The van der Waals surface area contributed by atoms with Crippen LogP contribution in [0.5, 0.6) is 0 Å². The number of benzene rings is 2. The van der Waals surface area contributed by atoms with Gasteiger partial charge in [0.25, 0.3) is 0 Å². The highest BCUT2D eigenvalue weighted by molar-refractivity contribution is 6.07. The Morgan fingerprint density at radius 2 is 1.77 bits per heavy atom. The van der Waals surface area contributed by atoms with E-state index in [0.717, 1.165) is 42.2 Å². The average molecular weight is 421 g/mol. The number of fused-ring (bicyclic) bond motifs is 1. The second kappa shape index (κ2) is 8.76. The maximum absolute atomic E-state index is 12.7. The van der Waals surface area contributed by atoms with Crippen LogP contribution in [0.1, 0.15) is 62.0 Å². The van der Waals surface area contributed by atoms with E-state index in [9.17, 15) is 9.90 Å². The van der Waals surface area contributed by atoms with Crippen LogP contribution in [0.3, 0.4) is 0 Å². The number of anilines is 1. The Kier molecular flexibility index (Phi) is 6.23. The molecule has 0 aromatic heterocycles. The van der Waals surface area contributed by atoms with Crippen molar-refractivity contribution in [2.24, 2.45) is 5.92 Å². The van der Waals surface area contributed by atoms with Crippen molar-refractivity contribution in [3.05, 3.63) is 64.7 Å². The zero-order valence-electron chi connectivity index (χ0n) is 19.4. The number of amides is 1. The standard InChI is InChI=1S/C27H36N2O2/c1-5-29-24-11-10-22(17-23(24)27(3,4)26(29)31)25(30)18-28-14-12-21(13-15-28)16-20-8-6-19(2)7-9-20/h6-11,17,21,25,30H,5,12-16,18H2,1-4H3. The van der Waals surface area contributed by atoms with Crippen molar-refractivity contribution in [3.63, 3.8) is 0 Å². The second-order valence-corrected chi connectivity index (χ2v) is 9.90. The average Bonchev–Trinajstić information content (AvgIpc) is 2.96. The van der Waals surface area contributed by atoms with Gasteiger partial charge in [-0.05, 0) is 88.7 Å². The fourth-order valence-electron chi connectivity index (χ4n) is 5.15. The minimum Gasteiger partial charge on any atom is -0.387 e. The summed E-state index contributed by atoms with van der Waals surface area (Å²) in [4.78, 5) is 17.0. The van der Waals surface area contributed by atoms with E-state index in [0.29, 0.717) is 13.1 Å². The van der Waals surface area contributed by atoms with Gasteiger partial charge in [-0.25, -0.2) is 0 Å². The summed E-state index contributed by atoms with van der Waals surface area (Å²) in [5.41, 5.74) is 5.15. The van der Waals surface area contributed by atoms with Crippen molar-refractivity contribution in [1.29, 1.82) is 0 Å². The van der Waals surface area contributed by atoms with Gasteiger partial charge in [0.1, 0.15) is 0 Å². The summed E-state index contributed by atoms with van der Waals surface area (Å²) in [5.74, 6) is 0.871. The normalized spacial score (nSPS) is 20.2. The van der Waals surface area contributed by atoms with Crippen LogP contribution in [0, 0.1) is 12.8 Å². The Bertz CT molecular complexity index is 927. The number of nitrogens with zero attached hydrogens (tertiary/aromatic N) is 2. The second-order valence-electron chi connectivity index (χ2n) is 9.90. The van der Waals surface area contributed by atoms with E-state index in [4.69, 9.17) is 0 Å². The molecule has 166 valence electrons. The zero-order valence-corrected chi connectivity index (χ0v) is 19.4. The van der Waals surface area contributed by atoms with Crippen molar-refractivity contribution in [1.82, 2.24) is 4.90 Å². The highest BCUT2D eigenvalue weighted by Gasteiger charge is 2.43. The lowest BCUT2D eigenvalue weighted by Crippen LogP contribution is -2.37. The number of likely N-dealkylation sites (N-methyl/N-ethyl adjacent to an activating group) is 1. The van der Waals surface area contributed by atoms with Crippen LogP contribution in [-0.4, -0.2) is 42.1 Å². The van der Waals surface area contributed by atoms with Gasteiger partial charge in [-0.3, -0.25) is 4.79 Å². The molecule has 31 heavy (non-hydrogen) atoms. The summed E-state index contributed by atoms with van der Waals surface area (Å²) in [6.07, 6.45) is 2.98. The topological polar surface area (TPSA) is 43.8 Å². The fourth-order valence-corrected chi connectivity index (χ4v) is 5.15. The third-order valence-corrected chi connectivity index (χ3v) is 7.25. The van der Waals surface area contributed by atoms with Gasteiger partial charge in [0, 0.05) is 18.8 Å². The lowest BCUT2D eigenvalue weighted by atomic mass is 9.85. The third kappa shape index (κ3) is 4.42. The summed E-state index contributed by atoms with van der Waals surface area (Å²) in [6, 6.07) is 15.0. The van der Waals surface area contributed by atoms with Crippen LogP contribution >= 0.6 is 0 Å². The molecule has 1 fully saturated rings. The Labute approximate surface area is 186 Å². The highest BCUT2D eigenvalue weighted by Crippen LogP contribution is 2.42. The molecule has 0 saturated carbocycles. The van der Waals surface area contributed by atoms with Gasteiger partial charge in [-0.1, -0.05) is 42.0 Å². The van der Waals surface area contributed by atoms with Gasteiger partial charge >= 0.3 is 0 Å². The Balaban J connectivity index is 1.35. The van der Waals surface area contributed by atoms with Crippen LogP contribution in [0.2, 0.25) is 0 Å². The molecular weight excluding hydrogens is 384 g/mol. The molecule has 2 aliphatic rings. The zero-order chi connectivity index (χ0) is 22.2. The molecule has 2 aromatic rings. The molecule has 0 bridgehead atoms. The summed E-state index contributed by atoms with van der Waals surface area (Å²) < 4.78 is 0. The summed E-state index contributed by atoms with van der Waals surface area (Å²) in [7, 11) is 0. The number of carbonyl (C=O) groups is 1. The fraction of sp³-hybridized carbons (Fsp3) is 0.519. The minimum atomic E-state index is -0.532. The maximum Gasteiger partial charge on any atom is 0.237 e. The number of aliphatic hydroxyl groups is 1. The van der Waals surface area contributed by atoms with E-state index in [1.807, 2.05) is 37.8 Å². The smallest absolute Gasteiger partial charge is 0.237 e. The van der Waals surface area contributed by atoms with E-state index in [-0.39, 0.29) is 5.91 Å². The van der Waals surface area contributed by atoms with E-state index in [2.05, 4.69) is 42.2 Å². The monoisotopic (exact) mass is 420 g/mol. The van der Waals surface area contributed by atoms with Gasteiger partial charge in [-0.15, -0.1) is 0 Å². The predicted molar refractivity (Wildman–Crippen MR) is 127 cm³/mol. The number of hydrogen-bond donors (Lipinski definition) is 1. The first-order valence-electron chi connectivity index (χ1n) is 11.7. The molecule has 4 nitrogen and oxygen atoms in total. The van der Waals surface area contributed by atoms with Gasteiger partial charge in [-0.2, -0.15) is 0 Å². The van der Waals surface area contributed by atoms with Gasteiger partial charge < -0.3 is 14.9 Å². The van der Waals surface area contributed by atoms with Crippen molar-refractivity contribution >= 4 is 11.6 Å². The molecule has 4 heteroatoms. The molecule has 0 radical (unpaired) electrons. The summed E-state index contributed by atoms with van der Waals surface area (Å²) >= 11 is 0. The molecule has 1 saturated heterocycles. The third-order valence-electron chi connectivity index (χ3n) is 7.25. The molecule has 2 aromatic carbocycles. The first kappa shape index (κ1) is 22.0. The molecule has 4 rings (SSSR count). The van der Waals surface area contributed by atoms with Crippen molar-refractivity contribution in [2.75, 3.05) is 31.1 Å². The van der Waals surface area contributed by atoms with Gasteiger partial charge in [0.05, 0.1) is 11.5 Å². The van der Waals surface area contributed by atoms with Crippen molar-refractivity contribution in [3.8, 4) is 0 Å². The molecular formula is C27H36N2O2. The quantitative estimate of drug-likeness (QED) is 0.741. The Hall–Kier alpha value is -2.17. The largest absolute Gasteiger partial charge is 0.387 e. The molecule has 1 amide bonds. The van der Waals surface area contributed by atoms with Gasteiger partial charge in [0.15, 0.2) is 0 Å². The number of piperidine rings is 1. The van der Waals surface area contributed by atoms with Crippen LogP contribution in [0.4, 0.5) is 5.69 Å². The van der Waals surface area contributed by atoms with Gasteiger partial charge in [0.2, 0.25) is 5.91 Å². The maximum atomic E-state index is 12.7. The highest BCUT2D eigenvalue weighted by atomic mass is 16.3. The molecule has 0 spiro atoms. The first-order valence-corrected chi connectivity index (χ1v) is 11.7. The number of β-amino-alcohol motifs (C(OH)–C–C–N with tert-alkyl or cyclic N) is 1. The molecule has 2 aliphatic heterocycles. The molecule has 1 unspecified atom stereocenters. The lowest BCUT2D eigenvalue weighted by molar-refractivity contribution is -0.122. The Morgan fingerprint density at radius 1 is 1.10 bits per heavy atom. The number of aliphatic hydroxyl groups excluding tert-OH is 1.